The van der Waals surface area contributed by atoms with Crippen molar-refractivity contribution >= 4 is 16.7 Å². The minimum absolute atomic E-state index is 0.255. The highest BCUT2D eigenvalue weighted by Gasteiger charge is 2.36. The fourth-order valence-corrected chi connectivity index (χ4v) is 6.27. The second kappa shape index (κ2) is 10.3. The Morgan fingerprint density at radius 1 is 0.969 bits per heavy atom. The number of hydrogen-bond donors (Lipinski definition) is 0. The first-order chi connectivity index (χ1) is 15.5. The molecule has 2 unspecified atom stereocenters. The van der Waals surface area contributed by atoms with Crippen LogP contribution in [-0.4, -0.2) is 13.1 Å². The quantitative estimate of drug-likeness (QED) is 0.319. The summed E-state index contributed by atoms with van der Waals surface area (Å²) in [6, 6.07) is 7.05. The number of methoxy groups -OCH3 is 1. The number of ether oxygens (including phenoxy) is 1. The Hall–Kier alpha value is -1.97. The molecule has 0 radical (unpaired) electrons. The molecule has 0 bridgehead atoms. The van der Waals surface area contributed by atoms with Crippen LogP contribution < -0.4 is 0 Å². The Kier molecular flexibility index (Phi) is 7.48. The molecule has 0 N–H and O–H groups in total. The molecule has 0 spiro atoms. The number of carbonyl (C=O) groups excluding carboxylic acids is 1. The lowest BCUT2D eigenvalue weighted by Crippen LogP contribution is -2.30. The normalized spacial score (nSPS) is 25.5. The van der Waals surface area contributed by atoms with Gasteiger partial charge in [0, 0.05) is 5.39 Å². The summed E-state index contributed by atoms with van der Waals surface area (Å²) < 4.78 is 33.8. The van der Waals surface area contributed by atoms with E-state index in [0.717, 1.165) is 36.2 Å². The van der Waals surface area contributed by atoms with Crippen molar-refractivity contribution in [1.29, 1.82) is 0 Å². The SMILES string of the molecule is CCCCCCC1CC[C@@H]2CC(c3ccc4cc(C(=O)OC)c(F)c(F)c4c3)CC[C@H]2C1. The van der Waals surface area contributed by atoms with E-state index in [0.29, 0.717) is 11.3 Å². The van der Waals surface area contributed by atoms with Crippen molar-refractivity contribution < 1.29 is 18.3 Å². The molecule has 32 heavy (non-hydrogen) atoms. The van der Waals surface area contributed by atoms with E-state index in [1.165, 1.54) is 71.0 Å². The van der Waals surface area contributed by atoms with Gasteiger partial charge in [-0.15, -0.1) is 0 Å². The molecule has 4 heteroatoms. The van der Waals surface area contributed by atoms with Gasteiger partial charge in [0.1, 0.15) is 0 Å². The molecule has 2 aliphatic rings. The number of rotatable bonds is 7. The van der Waals surface area contributed by atoms with Gasteiger partial charge in [0.15, 0.2) is 11.6 Å². The number of hydrogen-bond acceptors (Lipinski definition) is 2. The van der Waals surface area contributed by atoms with Crippen LogP contribution in [0, 0.1) is 29.4 Å². The average Bonchev–Trinajstić information content (AvgIpc) is 2.83. The monoisotopic (exact) mass is 442 g/mol. The Morgan fingerprint density at radius 3 is 2.53 bits per heavy atom. The van der Waals surface area contributed by atoms with E-state index in [1.54, 1.807) is 6.07 Å². The Morgan fingerprint density at radius 2 is 1.75 bits per heavy atom. The molecule has 2 aromatic rings. The summed E-state index contributed by atoms with van der Waals surface area (Å²) in [6.07, 6.45) is 14.4. The average molecular weight is 443 g/mol. The van der Waals surface area contributed by atoms with Crippen LogP contribution in [0.3, 0.4) is 0 Å². The minimum atomic E-state index is -1.12. The topological polar surface area (TPSA) is 26.3 Å². The molecule has 0 amide bonds. The van der Waals surface area contributed by atoms with Crippen molar-refractivity contribution in [2.75, 3.05) is 7.11 Å². The van der Waals surface area contributed by atoms with Gasteiger partial charge < -0.3 is 4.74 Å². The number of benzene rings is 2. The molecule has 2 saturated carbocycles. The first-order valence-corrected chi connectivity index (χ1v) is 12.5. The number of esters is 1. The zero-order valence-corrected chi connectivity index (χ0v) is 19.5. The van der Waals surface area contributed by atoms with Gasteiger partial charge in [0.25, 0.3) is 0 Å². The molecular formula is C28H36F2O2. The summed E-state index contributed by atoms with van der Waals surface area (Å²) in [6.45, 7) is 2.27. The maximum absolute atomic E-state index is 14.8. The van der Waals surface area contributed by atoms with Crippen molar-refractivity contribution in [1.82, 2.24) is 0 Å². The lowest BCUT2D eigenvalue weighted by atomic mass is 9.63. The largest absolute Gasteiger partial charge is 0.465 e. The molecule has 0 aliphatic heterocycles. The zero-order valence-electron chi connectivity index (χ0n) is 19.5. The summed E-state index contributed by atoms with van der Waals surface area (Å²) in [5.41, 5.74) is 0.749. The summed E-state index contributed by atoms with van der Waals surface area (Å²) >= 11 is 0. The molecule has 4 atom stereocenters. The van der Waals surface area contributed by atoms with Crippen LogP contribution in [0.15, 0.2) is 24.3 Å². The highest BCUT2D eigenvalue weighted by molar-refractivity contribution is 5.96. The van der Waals surface area contributed by atoms with E-state index in [9.17, 15) is 13.6 Å². The van der Waals surface area contributed by atoms with E-state index in [1.807, 2.05) is 12.1 Å². The Labute approximate surface area is 190 Å². The maximum atomic E-state index is 14.8. The van der Waals surface area contributed by atoms with E-state index in [4.69, 9.17) is 0 Å². The molecule has 2 aromatic carbocycles. The van der Waals surface area contributed by atoms with Crippen molar-refractivity contribution in [3.05, 3.63) is 47.0 Å². The highest BCUT2D eigenvalue weighted by atomic mass is 19.2. The van der Waals surface area contributed by atoms with Crippen molar-refractivity contribution in [3.63, 3.8) is 0 Å². The van der Waals surface area contributed by atoms with Crippen LogP contribution in [0.4, 0.5) is 8.78 Å². The van der Waals surface area contributed by atoms with E-state index >= 15 is 0 Å². The highest BCUT2D eigenvalue weighted by Crippen LogP contribution is 2.48. The molecular weight excluding hydrogens is 406 g/mol. The van der Waals surface area contributed by atoms with Gasteiger partial charge >= 0.3 is 5.97 Å². The fourth-order valence-electron chi connectivity index (χ4n) is 6.27. The summed E-state index contributed by atoms with van der Waals surface area (Å²) in [7, 11) is 1.17. The third-order valence-corrected chi connectivity index (χ3v) is 8.11. The predicted molar refractivity (Wildman–Crippen MR) is 125 cm³/mol. The molecule has 4 rings (SSSR count). The Balaban J connectivity index is 1.44. The lowest BCUT2D eigenvalue weighted by molar-refractivity contribution is 0.0594. The predicted octanol–water partition coefficient (Wildman–Crippen LogP) is 8.18. The lowest BCUT2D eigenvalue weighted by Gasteiger charge is -2.42. The maximum Gasteiger partial charge on any atom is 0.340 e. The van der Waals surface area contributed by atoms with Gasteiger partial charge in [-0.2, -0.15) is 0 Å². The van der Waals surface area contributed by atoms with Crippen LogP contribution in [0.25, 0.3) is 10.8 Å². The molecule has 2 fully saturated rings. The minimum Gasteiger partial charge on any atom is -0.465 e. The summed E-state index contributed by atoms with van der Waals surface area (Å²) in [5, 5.41) is 0.788. The van der Waals surface area contributed by atoms with Gasteiger partial charge in [0.2, 0.25) is 0 Å². The van der Waals surface area contributed by atoms with Crippen molar-refractivity contribution in [2.24, 2.45) is 17.8 Å². The molecule has 0 heterocycles. The summed E-state index contributed by atoms with van der Waals surface area (Å²) in [4.78, 5) is 11.8. The zero-order chi connectivity index (χ0) is 22.7. The van der Waals surface area contributed by atoms with Crippen LogP contribution in [-0.2, 0) is 4.74 Å². The number of halogens is 2. The molecule has 2 nitrogen and oxygen atoms in total. The number of fused-ring (bicyclic) bond motifs is 2. The standard InChI is InChI=1S/C28H36F2O2/c1-3-4-5-6-7-18-8-9-20-15-21(11-10-19(20)14-18)22-12-13-23-17-25(28(31)32-2)27(30)26(29)24(23)16-22/h12-13,16-21H,3-11,14-15H2,1-2H3/t18?,19-,20+,21?/m0/s1. The van der Waals surface area contributed by atoms with Crippen LogP contribution in [0.1, 0.15) is 99.4 Å². The van der Waals surface area contributed by atoms with Crippen molar-refractivity contribution in [3.8, 4) is 0 Å². The van der Waals surface area contributed by atoms with Crippen LogP contribution in [0.2, 0.25) is 0 Å². The third-order valence-electron chi connectivity index (χ3n) is 8.11. The van der Waals surface area contributed by atoms with Gasteiger partial charge in [-0.1, -0.05) is 57.6 Å². The first kappa shape index (κ1) is 23.2. The van der Waals surface area contributed by atoms with Crippen LogP contribution >= 0.6 is 0 Å². The van der Waals surface area contributed by atoms with Crippen LogP contribution in [0.5, 0.6) is 0 Å². The van der Waals surface area contributed by atoms with E-state index in [2.05, 4.69) is 11.7 Å². The number of unbranched alkanes of at least 4 members (excludes halogenated alkanes) is 3. The smallest absolute Gasteiger partial charge is 0.340 e. The second-order valence-corrected chi connectivity index (χ2v) is 10.1. The van der Waals surface area contributed by atoms with Gasteiger partial charge in [-0.3, -0.25) is 0 Å². The van der Waals surface area contributed by atoms with Gasteiger partial charge in [0.05, 0.1) is 12.7 Å². The third kappa shape index (κ3) is 4.84. The number of carbonyl (C=O) groups is 1. The van der Waals surface area contributed by atoms with Gasteiger partial charge in [-0.25, -0.2) is 13.6 Å². The molecule has 2 aliphatic carbocycles. The van der Waals surface area contributed by atoms with Gasteiger partial charge in [-0.05, 0) is 78.9 Å². The second-order valence-electron chi connectivity index (χ2n) is 10.1. The molecule has 0 saturated heterocycles. The molecule has 0 aromatic heterocycles. The Bertz CT molecular complexity index is 954. The molecule has 174 valence electrons. The summed E-state index contributed by atoms with van der Waals surface area (Å²) in [5.74, 6) is -0.0138. The van der Waals surface area contributed by atoms with Crippen molar-refractivity contribution in [2.45, 2.75) is 83.5 Å². The fraction of sp³-hybridized carbons (Fsp3) is 0.607. The van der Waals surface area contributed by atoms with E-state index < -0.39 is 17.6 Å². The van der Waals surface area contributed by atoms with E-state index in [-0.39, 0.29) is 10.9 Å². The first-order valence-electron chi connectivity index (χ1n) is 12.5.